The number of hydrogen-bond acceptors (Lipinski definition) is 6. The van der Waals surface area contributed by atoms with E-state index in [1.54, 1.807) is 39.8 Å². The number of likely N-dealkylation sites (N-methyl/N-ethyl adjacent to an activating group) is 1. The lowest BCUT2D eigenvalue weighted by Crippen LogP contribution is -2.43. The molecule has 1 heterocycles. The van der Waals surface area contributed by atoms with Crippen LogP contribution in [0.3, 0.4) is 0 Å². The number of carbonyl (C=O) groups is 1. The lowest BCUT2D eigenvalue weighted by Gasteiger charge is -2.31. The minimum absolute atomic E-state index is 0.166. The lowest BCUT2D eigenvalue weighted by atomic mass is 10.1. The van der Waals surface area contributed by atoms with Crippen LogP contribution in [0.15, 0.2) is 77.6 Å². The molecule has 3 aromatic carbocycles. The molecule has 4 rings (SSSR count). The number of fused-ring (bicyclic) bond motifs is 1. The first-order valence-corrected chi connectivity index (χ1v) is 13.2. The number of rotatable bonds is 11. The van der Waals surface area contributed by atoms with E-state index in [1.165, 1.54) is 0 Å². The van der Waals surface area contributed by atoms with Crippen LogP contribution in [0.5, 0.6) is 11.5 Å². The smallest absolute Gasteiger partial charge is 0.266 e. The molecule has 0 radical (unpaired) electrons. The number of carbonyl (C=O) groups excluding carboxylic acids is 1. The van der Waals surface area contributed by atoms with Crippen LogP contribution in [0, 0.1) is 0 Å². The molecule has 0 spiro atoms. The van der Waals surface area contributed by atoms with Crippen molar-refractivity contribution in [1.82, 2.24) is 19.4 Å². The van der Waals surface area contributed by atoms with Gasteiger partial charge in [0.05, 0.1) is 29.2 Å². The number of nitrogens with zero attached hydrogens (tertiary/aromatic N) is 4. The van der Waals surface area contributed by atoms with Gasteiger partial charge in [-0.25, -0.2) is 4.98 Å². The second kappa shape index (κ2) is 12.8. The minimum atomic E-state index is -0.532. The van der Waals surface area contributed by atoms with E-state index in [9.17, 15) is 9.59 Å². The second-order valence-corrected chi connectivity index (χ2v) is 9.80. The van der Waals surface area contributed by atoms with Gasteiger partial charge in [-0.05, 0) is 88.6 Å². The summed E-state index contributed by atoms with van der Waals surface area (Å²) in [5, 5.41) is 1.09. The summed E-state index contributed by atoms with van der Waals surface area (Å²) in [7, 11) is 3.89. The van der Waals surface area contributed by atoms with E-state index < -0.39 is 6.04 Å². The average molecular weight is 549 g/mol. The van der Waals surface area contributed by atoms with Gasteiger partial charge in [-0.2, -0.15) is 0 Å². The first-order valence-electron chi connectivity index (χ1n) is 12.9. The zero-order valence-electron chi connectivity index (χ0n) is 22.6. The molecule has 0 fully saturated rings. The largest absolute Gasteiger partial charge is 0.494 e. The van der Waals surface area contributed by atoms with Gasteiger partial charge in [0.1, 0.15) is 17.3 Å². The van der Waals surface area contributed by atoms with Crippen LogP contribution < -0.4 is 15.0 Å². The van der Waals surface area contributed by atoms with Gasteiger partial charge in [-0.15, -0.1) is 0 Å². The van der Waals surface area contributed by atoms with Crippen LogP contribution in [0.4, 0.5) is 0 Å². The van der Waals surface area contributed by atoms with Crippen molar-refractivity contribution in [3.05, 3.63) is 94.0 Å². The normalized spacial score (nSPS) is 11.9. The summed E-state index contributed by atoms with van der Waals surface area (Å²) < 4.78 is 12.9. The average Bonchev–Trinajstić information content (AvgIpc) is 2.93. The summed E-state index contributed by atoms with van der Waals surface area (Å²) in [4.78, 5) is 36.0. The predicted octanol–water partition coefficient (Wildman–Crippen LogP) is 4.97. The number of para-hydroxylation sites is 1. The van der Waals surface area contributed by atoms with Crippen molar-refractivity contribution in [3.63, 3.8) is 0 Å². The van der Waals surface area contributed by atoms with Gasteiger partial charge >= 0.3 is 0 Å². The maximum Gasteiger partial charge on any atom is 0.266 e. The van der Waals surface area contributed by atoms with Crippen molar-refractivity contribution in [2.75, 3.05) is 40.4 Å². The van der Waals surface area contributed by atoms with E-state index in [1.807, 2.05) is 75.3 Å². The van der Waals surface area contributed by atoms with Crippen LogP contribution in [0.25, 0.3) is 16.6 Å². The molecule has 1 aromatic heterocycles. The standard InChI is InChI=1S/C30H33ClN4O4/c1-5-38-24-16-12-23(13-17-24)35-29(32-27-9-7-6-8-26(27)30(35)37)21(2)34(19-18-33(3)4)28(36)20-39-25-14-10-22(31)11-15-25/h6-17,21H,5,18-20H2,1-4H3. The Labute approximate surface area is 233 Å². The fourth-order valence-corrected chi connectivity index (χ4v) is 4.40. The van der Waals surface area contributed by atoms with Crippen LogP contribution in [0.2, 0.25) is 5.02 Å². The number of aromatic nitrogens is 2. The van der Waals surface area contributed by atoms with Crippen LogP contribution in [0.1, 0.15) is 25.7 Å². The number of hydrogen-bond donors (Lipinski definition) is 0. The zero-order chi connectivity index (χ0) is 27.9. The molecule has 0 bridgehead atoms. The molecule has 0 aliphatic rings. The molecule has 1 amide bonds. The SMILES string of the molecule is CCOc1ccc(-n2c(C(C)N(CCN(C)C)C(=O)COc3ccc(Cl)cc3)nc3ccccc3c2=O)cc1. The molecule has 0 N–H and O–H groups in total. The molecule has 204 valence electrons. The Bertz CT molecular complexity index is 1470. The molecule has 4 aromatic rings. The summed E-state index contributed by atoms with van der Waals surface area (Å²) in [6, 6.07) is 20.9. The maximum atomic E-state index is 13.8. The van der Waals surface area contributed by atoms with Gasteiger partial charge in [-0.1, -0.05) is 23.7 Å². The van der Waals surface area contributed by atoms with E-state index in [2.05, 4.69) is 0 Å². The number of benzene rings is 3. The second-order valence-electron chi connectivity index (χ2n) is 9.36. The highest BCUT2D eigenvalue weighted by atomic mass is 35.5. The topological polar surface area (TPSA) is 76.9 Å². The Morgan fingerprint density at radius 3 is 2.26 bits per heavy atom. The summed E-state index contributed by atoms with van der Waals surface area (Å²) in [5.74, 6) is 1.49. The van der Waals surface area contributed by atoms with Crippen molar-refractivity contribution in [2.45, 2.75) is 19.9 Å². The van der Waals surface area contributed by atoms with Crippen molar-refractivity contribution in [1.29, 1.82) is 0 Å². The Balaban J connectivity index is 1.75. The quantitative estimate of drug-likeness (QED) is 0.263. The molecule has 8 nitrogen and oxygen atoms in total. The number of halogens is 1. The molecular formula is C30H33ClN4O4. The summed E-state index contributed by atoms with van der Waals surface area (Å²) >= 11 is 5.97. The first kappa shape index (κ1) is 28.1. The Morgan fingerprint density at radius 2 is 1.59 bits per heavy atom. The molecular weight excluding hydrogens is 516 g/mol. The fourth-order valence-electron chi connectivity index (χ4n) is 4.28. The predicted molar refractivity (Wildman–Crippen MR) is 154 cm³/mol. The van der Waals surface area contributed by atoms with E-state index in [-0.39, 0.29) is 18.1 Å². The van der Waals surface area contributed by atoms with Gasteiger partial charge in [0, 0.05) is 18.1 Å². The molecule has 0 saturated carbocycles. The summed E-state index contributed by atoms with van der Waals surface area (Å²) in [5.41, 5.74) is 1.01. The van der Waals surface area contributed by atoms with E-state index in [4.69, 9.17) is 26.1 Å². The molecule has 0 aliphatic heterocycles. The number of ether oxygens (including phenoxy) is 2. The summed E-state index contributed by atoms with van der Waals surface area (Å²) in [6.45, 7) is 5.22. The molecule has 39 heavy (non-hydrogen) atoms. The van der Waals surface area contributed by atoms with Crippen LogP contribution in [-0.2, 0) is 4.79 Å². The van der Waals surface area contributed by atoms with E-state index in [0.29, 0.717) is 58.6 Å². The molecule has 1 unspecified atom stereocenters. The first-order chi connectivity index (χ1) is 18.8. The van der Waals surface area contributed by atoms with E-state index >= 15 is 0 Å². The van der Waals surface area contributed by atoms with Gasteiger partial charge in [0.15, 0.2) is 6.61 Å². The monoisotopic (exact) mass is 548 g/mol. The highest BCUT2D eigenvalue weighted by Gasteiger charge is 2.27. The van der Waals surface area contributed by atoms with Crippen molar-refractivity contribution >= 4 is 28.4 Å². The highest BCUT2D eigenvalue weighted by Crippen LogP contribution is 2.25. The Hall–Kier alpha value is -3.88. The lowest BCUT2D eigenvalue weighted by molar-refractivity contribution is -0.136. The van der Waals surface area contributed by atoms with Crippen molar-refractivity contribution in [2.24, 2.45) is 0 Å². The van der Waals surface area contributed by atoms with E-state index in [0.717, 1.165) is 0 Å². The third-order valence-corrected chi connectivity index (χ3v) is 6.59. The Kier molecular flexibility index (Phi) is 9.22. The molecule has 1 atom stereocenters. The molecule has 0 aliphatic carbocycles. The highest BCUT2D eigenvalue weighted by molar-refractivity contribution is 6.30. The zero-order valence-corrected chi connectivity index (χ0v) is 23.4. The Morgan fingerprint density at radius 1 is 0.949 bits per heavy atom. The fraction of sp³-hybridized carbons (Fsp3) is 0.300. The van der Waals surface area contributed by atoms with Crippen LogP contribution in [-0.4, -0.2) is 65.7 Å². The molecule has 0 saturated heterocycles. The van der Waals surface area contributed by atoms with Crippen molar-refractivity contribution in [3.8, 4) is 17.2 Å². The van der Waals surface area contributed by atoms with Crippen LogP contribution >= 0.6 is 11.6 Å². The summed E-state index contributed by atoms with van der Waals surface area (Å²) in [6.07, 6.45) is 0. The maximum absolute atomic E-state index is 13.8. The van der Waals surface area contributed by atoms with Gasteiger partial charge in [0.2, 0.25) is 0 Å². The van der Waals surface area contributed by atoms with Gasteiger partial charge in [0.25, 0.3) is 11.5 Å². The van der Waals surface area contributed by atoms with Gasteiger partial charge in [-0.3, -0.25) is 14.2 Å². The third kappa shape index (κ3) is 6.77. The van der Waals surface area contributed by atoms with Crippen molar-refractivity contribution < 1.29 is 14.3 Å². The number of amides is 1. The van der Waals surface area contributed by atoms with Gasteiger partial charge < -0.3 is 19.3 Å². The third-order valence-electron chi connectivity index (χ3n) is 6.33. The minimum Gasteiger partial charge on any atom is -0.494 e. The molecule has 9 heteroatoms.